The molecule has 0 saturated carbocycles. The Labute approximate surface area is 117 Å². The Hall–Kier alpha value is -2.49. The fourth-order valence-electron chi connectivity index (χ4n) is 2.34. The Morgan fingerprint density at radius 2 is 1.80 bits per heavy atom. The normalized spacial score (nSPS) is 13.3. The van der Waals surface area contributed by atoms with Gasteiger partial charge in [0.25, 0.3) is 0 Å². The van der Waals surface area contributed by atoms with Crippen LogP contribution in [0.25, 0.3) is 0 Å². The van der Waals surface area contributed by atoms with Gasteiger partial charge in [-0.15, -0.1) is 0 Å². The van der Waals surface area contributed by atoms with Crippen molar-refractivity contribution >= 4 is 11.8 Å². The zero-order valence-corrected chi connectivity index (χ0v) is 11.2. The first-order valence-electron chi connectivity index (χ1n) is 6.43. The standard InChI is InChI=1S/C16H15NO3/c1-19-16(18)17-10-12-6-2-3-7-13(12)11-20-15-9-5-4-8-14(15)17/h2-9H,10-11H2,1H3. The maximum Gasteiger partial charge on any atom is 0.414 e. The predicted octanol–water partition coefficient (Wildman–Crippen LogP) is 3.35. The number of hydrogen-bond donors (Lipinski definition) is 0. The van der Waals surface area contributed by atoms with E-state index in [1.807, 2.05) is 48.5 Å². The lowest BCUT2D eigenvalue weighted by Gasteiger charge is -2.27. The van der Waals surface area contributed by atoms with Gasteiger partial charge in [0.15, 0.2) is 0 Å². The third-order valence-electron chi connectivity index (χ3n) is 3.38. The molecular weight excluding hydrogens is 254 g/mol. The molecule has 2 aromatic rings. The topological polar surface area (TPSA) is 38.8 Å². The van der Waals surface area contributed by atoms with E-state index in [-0.39, 0.29) is 0 Å². The van der Waals surface area contributed by atoms with E-state index >= 15 is 0 Å². The van der Waals surface area contributed by atoms with Gasteiger partial charge in [-0.25, -0.2) is 4.79 Å². The number of amides is 1. The second-order valence-electron chi connectivity index (χ2n) is 4.58. The number of rotatable bonds is 0. The minimum atomic E-state index is -0.391. The summed E-state index contributed by atoms with van der Waals surface area (Å²) in [5, 5.41) is 0. The van der Waals surface area contributed by atoms with Crippen LogP contribution >= 0.6 is 0 Å². The van der Waals surface area contributed by atoms with Gasteiger partial charge in [-0.05, 0) is 23.3 Å². The van der Waals surface area contributed by atoms with Crippen LogP contribution < -0.4 is 9.64 Å². The van der Waals surface area contributed by atoms with E-state index < -0.39 is 6.09 Å². The van der Waals surface area contributed by atoms with Gasteiger partial charge in [0, 0.05) is 0 Å². The second-order valence-corrected chi connectivity index (χ2v) is 4.58. The van der Waals surface area contributed by atoms with Crippen molar-refractivity contribution in [2.24, 2.45) is 0 Å². The van der Waals surface area contributed by atoms with E-state index in [2.05, 4.69) is 0 Å². The van der Waals surface area contributed by atoms with Crippen molar-refractivity contribution < 1.29 is 14.3 Å². The molecule has 1 aliphatic rings. The van der Waals surface area contributed by atoms with Gasteiger partial charge < -0.3 is 9.47 Å². The number of carbonyl (C=O) groups excluding carboxylic acids is 1. The molecule has 0 atom stereocenters. The molecule has 4 nitrogen and oxygen atoms in total. The van der Waals surface area contributed by atoms with Crippen LogP contribution in [-0.2, 0) is 17.9 Å². The van der Waals surface area contributed by atoms with Gasteiger partial charge in [0.1, 0.15) is 12.4 Å². The number of methoxy groups -OCH3 is 1. The SMILES string of the molecule is COC(=O)N1Cc2ccccc2COc2ccccc21. The van der Waals surface area contributed by atoms with E-state index in [0.717, 1.165) is 16.8 Å². The van der Waals surface area contributed by atoms with Crippen LogP contribution in [0.15, 0.2) is 48.5 Å². The number of anilines is 1. The van der Waals surface area contributed by atoms with E-state index in [0.29, 0.717) is 18.9 Å². The molecule has 0 unspecified atom stereocenters. The molecule has 102 valence electrons. The second kappa shape index (κ2) is 5.25. The Morgan fingerprint density at radius 3 is 2.60 bits per heavy atom. The minimum absolute atomic E-state index is 0.391. The van der Waals surface area contributed by atoms with Crippen molar-refractivity contribution in [1.82, 2.24) is 0 Å². The molecule has 1 heterocycles. The summed E-state index contributed by atoms with van der Waals surface area (Å²) < 4.78 is 10.7. The highest BCUT2D eigenvalue weighted by molar-refractivity contribution is 5.89. The van der Waals surface area contributed by atoms with Gasteiger partial charge >= 0.3 is 6.09 Å². The van der Waals surface area contributed by atoms with E-state index in [4.69, 9.17) is 9.47 Å². The molecule has 20 heavy (non-hydrogen) atoms. The molecule has 2 aromatic carbocycles. The van der Waals surface area contributed by atoms with Crippen molar-refractivity contribution in [3.63, 3.8) is 0 Å². The van der Waals surface area contributed by atoms with E-state index in [1.54, 1.807) is 4.90 Å². The Kier molecular flexibility index (Phi) is 3.29. The van der Waals surface area contributed by atoms with Gasteiger partial charge in [-0.1, -0.05) is 36.4 Å². The molecule has 0 bridgehead atoms. The summed E-state index contributed by atoms with van der Waals surface area (Å²) in [6, 6.07) is 15.4. The molecule has 0 fully saturated rings. The van der Waals surface area contributed by atoms with Crippen LogP contribution in [0, 0.1) is 0 Å². The lowest BCUT2D eigenvalue weighted by atomic mass is 10.1. The molecule has 3 rings (SSSR count). The molecule has 0 aliphatic carbocycles. The summed E-state index contributed by atoms with van der Waals surface area (Å²) >= 11 is 0. The predicted molar refractivity (Wildman–Crippen MR) is 75.8 cm³/mol. The summed E-state index contributed by atoms with van der Waals surface area (Å²) in [6.07, 6.45) is -0.391. The quantitative estimate of drug-likeness (QED) is 0.736. The molecule has 0 saturated heterocycles. The van der Waals surface area contributed by atoms with Crippen molar-refractivity contribution in [1.29, 1.82) is 0 Å². The Morgan fingerprint density at radius 1 is 1.10 bits per heavy atom. The summed E-state index contributed by atoms with van der Waals surface area (Å²) in [5.74, 6) is 0.687. The van der Waals surface area contributed by atoms with E-state index in [1.165, 1.54) is 7.11 Å². The van der Waals surface area contributed by atoms with Crippen LogP contribution in [0.5, 0.6) is 5.75 Å². The zero-order valence-electron chi connectivity index (χ0n) is 11.2. The minimum Gasteiger partial charge on any atom is -0.487 e. The number of ether oxygens (including phenoxy) is 2. The maximum atomic E-state index is 12.1. The molecule has 0 N–H and O–H groups in total. The molecule has 0 spiro atoms. The molecule has 1 amide bonds. The van der Waals surface area contributed by atoms with Crippen LogP contribution in [0.1, 0.15) is 11.1 Å². The van der Waals surface area contributed by atoms with Gasteiger partial charge in [-0.2, -0.15) is 0 Å². The molecule has 1 aliphatic heterocycles. The van der Waals surface area contributed by atoms with Crippen LogP contribution in [0.3, 0.4) is 0 Å². The highest BCUT2D eigenvalue weighted by Crippen LogP contribution is 2.33. The lowest BCUT2D eigenvalue weighted by Crippen LogP contribution is -2.32. The van der Waals surface area contributed by atoms with Gasteiger partial charge in [0.05, 0.1) is 19.3 Å². The first-order valence-corrected chi connectivity index (χ1v) is 6.43. The summed E-state index contributed by atoms with van der Waals surface area (Å²) in [7, 11) is 1.39. The fraction of sp³-hybridized carbons (Fsp3) is 0.188. The first-order chi connectivity index (χ1) is 9.79. The van der Waals surface area contributed by atoms with Crippen LogP contribution in [-0.4, -0.2) is 13.2 Å². The lowest BCUT2D eigenvalue weighted by molar-refractivity contribution is 0.177. The van der Waals surface area contributed by atoms with Crippen LogP contribution in [0.2, 0.25) is 0 Å². The van der Waals surface area contributed by atoms with Gasteiger partial charge in [-0.3, -0.25) is 4.90 Å². The summed E-state index contributed by atoms with van der Waals surface area (Å²) in [5.41, 5.74) is 2.87. The number of fused-ring (bicyclic) bond motifs is 2. The maximum absolute atomic E-state index is 12.1. The molecule has 4 heteroatoms. The zero-order chi connectivity index (χ0) is 13.9. The number of nitrogens with zero attached hydrogens (tertiary/aromatic N) is 1. The third-order valence-corrected chi connectivity index (χ3v) is 3.38. The fourth-order valence-corrected chi connectivity index (χ4v) is 2.34. The largest absolute Gasteiger partial charge is 0.487 e. The van der Waals surface area contributed by atoms with Crippen molar-refractivity contribution in [3.8, 4) is 5.75 Å². The van der Waals surface area contributed by atoms with E-state index in [9.17, 15) is 4.79 Å². The average Bonchev–Trinajstić information content (AvgIpc) is 2.49. The number of para-hydroxylation sites is 2. The third kappa shape index (κ3) is 2.20. The van der Waals surface area contributed by atoms with Gasteiger partial charge in [0.2, 0.25) is 0 Å². The number of hydrogen-bond acceptors (Lipinski definition) is 3. The monoisotopic (exact) mass is 269 g/mol. The Balaban J connectivity index is 2.08. The number of carbonyl (C=O) groups is 1. The van der Waals surface area contributed by atoms with Crippen molar-refractivity contribution in [2.45, 2.75) is 13.2 Å². The smallest absolute Gasteiger partial charge is 0.414 e. The molecule has 0 aromatic heterocycles. The number of benzene rings is 2. The molecular formula is C16H15NO3. The highest BCUT2D eigenvalue weighted by atomic mass is 16.5. The van der Waals surface area contributed by atoms with Crippen LogP contribution in [0.4, 0.5) is 10.5 Å². The summed E-state index contributed by atoms with van der Waals surface area (Å²) in [6.45, 7) is 0.978. The van der Waals surface area contributed by atoms with Crippen molar-refractivity contribution in [3.05, 3.63) is 59.7 Å². The first kappa shape index (κ1) is 12.5. The highest BCUT2D eigenvalue weighted by Gasteiger charge is 2.23. The van der Waals surface area contributed by atoms with Crippen molar-refractivity contribution in [2.75, 3.05) is 12.0 Å². The summed E-state index contributed by atoms with van der Waals surface area (Å²) in [4.78, 5) is 13.6. The Bertz CT molecular complexity index is 639. The molecule has 0 radical (unpaired) electrons. The average molecular weight is 269 g/mol.